The summed E-state index contributed by atoms with van der Waals surface area (Å²) in [5.74, 6) is -0.237. The molecular formula is C13H18N2O2. The van der Waals surface area contributed by atoms with E-state index in [1.165, 1.54) is 6.07 Å². The van der Waals surface area contributed by atoms with Gasteiger partial charge in [0.2, 0.25) is 0 Å². The van der Waals surface area contributed by atoms with Crippen molar-refractivity contribution >= 4 is 5.91 Å². The molecule has 2 unspecified atom stereocenters. The first kappa shape index (κ1) is 11.9. The standard InChI is InChI=1S/C13H18N2O2/c1-13(2)10(14)7-11(13)15-12(17)8-5-3-4-6-9(8)16/h3-6,10-11,16H,7,14H2,1-2H3,(H,15,17). The summed E-state index contributed by atoms with van der Waals surface area (Å²) in [4.78, 5) is 12.0. The molecular weight excluding hydrogens is 216 g/mol. The molecule has 1 saturated carbocycles. The van der Waals surface area contributed by atoms with E-state index in [1.54, 1.807) is 18.2 Å². The molecule has 2 atom stereocenters. The van der Waals surface area contributed by atoms with Crippen molar-refractivity contribution in [2.24, 2.45) is 11.1 Å². The molecule has 2 rings (SSSR count). The van der Waals surface area contributed by atoms with Crippen molar-refractivity contribution < 1.29 is 9.90 Å². The molecule has 4 heteroatoms. The van der Waals surface area contributed by atoms with Crippen molar-refractivity contribution in [1.82, 2.24) is 5.32 Å². The van der Waals surface area contributed by atoms with Crippen LogP contribution in [0.3, 0.4) is 0 Å². The Morgan fingerprint density at radius 2 is 2.12 bits per heavy atom. The topological polar surface area (TPSA) is 75.3 Å². The highest BCUT2D eigenvalue weighted by molar-refractivity contribution is 5.97. The van der Waals surface area contributed by atoms with Gasteiger partial charge in [-0.2, -0.15) is 0 Å². The second kappa shape index (κ2) is 4.04. The fourth-order valence-electron chi connectivity index (χ4n) is 2.11. The lowest BCUT2D eigenvalue weighted by Crippen LogP contribution is -2.64. The van der Waals surface area contributed by atoms with Gasteiger partial charge in [-0.3, -0.25) is 4.79 Å². The van der Waals surface area contributed by atoms with Gasteiger partial charge in [0.05, 0.1) is 5.56 Å². The smallest absolute Gasteiger partial charge is 0.255 e. The first-order valence-corrected chi connectivity index (χ1v) is 5.77. The van der Waals surface area contributed by atoms with Gasteiger partial charge in [0.15, 0.2) is 0 Å². The minimum atomic E-state index is -0.243. The zero-order valence-electron chi connectivity index (χ0n) is 10.1. The van der Waals surface area contributed by atoms with E-state index in [9.17, 15) is 9.90 Å². The molecule has 0 bridgehead atoms. The maximum absolute atomic E-state index is 12.0. The summed E-state index contributed by atoms with van der Waals surface area (Å²) in [6.07, 6.45) is 0.784. The van der Waals surface area contributed by atoms with Crippen LogP contribution < -0.4 is 11.1 Å². The van der Waals surface area contributed by atoms with Crippen molar-refractivity contribution in [3.05, 3.63) is 29.8 Å². The molecule has 92 valence electrons. The van der Waals surface area contributed by atoms with Gasteiger partial charge in [0, 0.05) is 17.5 Å². The Labute approximate surface area is 101 Å². The third kappa shape index (κ3) is 2.00. The van der Waals surface area contributed by atoms with Crippen LogP contribution in [0.25, 0.3) is 0 Å². The van der Waals surface area contributed by atoms with Crippen LogP contribution in [-0.4, -0.2) is 23.1 Å². The molecule has 1 aliphatic rings. The Morgan fingerprint density at radius 1 is 1.47 bits per heavy atom. The predicted molar refractivity (Wildman–Crippen MR) is 65.7 cm³/mol. The van der Waals surface area contributed by atoms with Crippen LogP contribution in [0.4, 0.5) is 0 Å². The highest BCUT2D eigenvalue weighted by atomic mass is 16.3. The molecule has 0 aliphatic heterocycles. The Morgan fingerprint density at radius 3 is 2.65 bits per heavy atom. The van der Waals surface area contributed by atoms with Crippen molar-refractivity contribution in [2.75, 3.05) is 0 Å². The Balaban J connectivity index is 2.07. The summed E-state index contributed by atoms with van der Waals surface area (Å²) in [5.41, 5.74) is 6.12. The van der Waals surface area contributed by atoms with Crippen LogP contribution in [0, 0.1) is 5.41 Å². The number of phenolic OH excluding ortho intramolecular Hbond substituents is 1. The number of hydrogen-bond donors (Lipinski definition) is 3. The molecule has 0 heterocycles. The van der Waals surface area contributed by atoms with Gasteiger partial charge in [-0.1, -0.05) is 26.0 Å². The summed E-state index contributed by atoms with van der Waals surface area (Å²) in [6, 6.07) is 6.73. The molecule has 1 amide bonds. The molecule has 0 radical (unpaired) electrons. The van der Waals surface area contributed by atoms with Crippen LogP contribution in [-0.2, 0) is 0 Å². The Hall–Kier alpha value is -1.55. The molecule has 1 aliphatic carbocycles. The zero-order valence-corrected chi connectivity index (χ0v) is 10.1. The maximum Gasteiger partial charge on any atom is 0.255 e. The highest BCUT2D eigenvalue weighted by Crippen LogP contribution is 2.39. The van der Waals surface area contributed by atoms with E-state index in [2.05, 4.69) is 5.32 Å². The summed E-state index contributed by atoms with van der Waals surface area (Å²) >= 11 is 0. The molecule has 0 spiro atoms. The van der Waals surface area contributed by atoms with Crippen LogP contribution >= 0.6 is 0 Å². The first-order chi connectivity index (χ1) is 7.93. The molecule has 1 aromatic rings. The van der Waals surface area contributed by atoms with Gasteiger partial charge in [-0.05, 0) is 18.6 Å². The minimum absolute atomic E-state index is 0.00595. The lowest BCUT2D eigenvalue weighted by Gasteiger charge is -2.50. The maximum atomic E-state index is 12.0. The van der Waals surface area contributed by atoms with Crippen molar-refractivity contribution in [3.8, 4) is 5.75 Å². The first-order valence-electron chi connectivity index (χ1n) is 5.77. The van der Waals surface area contributed by atoms with E-state index >= 15 is 0 Å². The molecule has 17 heavy (non-hydrogen) atoms. The second-order valence-electron chi connectivity index (χ2n) is 5.21. The van der Waals surface area contributed by atoms with E-state index in [1.807, 2.05) is 13.8 Å². The highest BCUT2D eigenvalue weighted by Gasteiger charge is 2.46. The number of hydrogen-bond acceptors (Lipinski definition) is 3. The van der Waals surface area contributed by atoms with Gasteiger partial charge in [-0.25, -0.2) is 0 Å². The molecule has 1 aromatic carbocycles. The normalized spacial score (nSPS) is 26.1. The van der Waals surface area contributed by atoms with E-state index in [4.69, 9.17) is 5.73 Å². The number of aromatic hydroxyl groups is 1. The largest absolute Gasteiger partial charge is 0.507 e. The molecule has 1 fully saturated rings. The van der Waals surface area contributed by atoms with Crippen LogP contribution in [0.1, 0.15) is 30.6 Å². The van der Waals surface area contributed by atoms with Crippen LogP contribution in [0.2, 0.25) is 0 Å². The summed E-state index contributed by atoms with van der Waals surface area (Å²) in [5, 5.41) is 12.5. The van der Waals surface area contributed by atoms with E-state index in [0.29, 0.717) is 5.56 Å². The fourth-order valence-corrected chi connectivity index (χ4v) is 2.11. The van der Waals surface area contributed by atoms with Gasteiger partial charge >= 0.3 is 0 Å². The number of phenols is 1. The molecule has 4 N–H and O–H groups in total. The lowest BCUT2D eigenvalue weighted by molar-refractivity contribution is 0.0585. The van der Waals surface area contributed by atoms with Crippen molar-refractivity contribution in [3.63, 3.8) is 0 Å². The van der Waals surface area contributed by atoms with Crippen molar-refractivity contribution in [1.29, 1.82) is 0 Å². The predicted octanol–water partition coefficient (Wildman–Crippen LogP) is 1.25. The third-order valence-corrected chi connectivity index (χ3v) is 3.80. The van der Waals surface area contributed by atoms with E-state index < -0.39 is 0 Å². The van der Waals surface area contributed by atoms with Gasteiger partial charge in [0.25, 0.3) is 5.91 Å². The lowest BCUT2D eigenvalue weighted by atomic mass is 9.63. The van der Waals surface area contributed by atoms with Crippen molar-refractivity contribution in [2.45, 2.75) is 32.4 Å². The van der Waals surface area contributed by atoms with Gasteiger partial charge < -0.3 is 16.2 Å². The number of amides is 1. The van der Waals surface area contributed by atoms with E-state index in [0.717, 1.165) is 6.42 Å². The quantitative estimate of drug-likeness (QED) is 0.721. The number of nitrogens with one attached hydrogen (secondary N) is 1. The average molecular weight is 234 g/mol. The number of para-hydroxylation sites is 1. The number of rotatable bonds is 2. The second-order valence-corrected chi connectivity index (χ2v) is 5.21. The number of nitrogens with two attached hydrogens (primary N) is 1. The number of carbonyl (C=O) groups excluding carboxylic acids is 1. The number of benzene rings is 1. The molecule has 0 saturated heterocycles. The minimum Gasteiger partial charge on any atom is -0.507 e. The number of carbonyl (C=O) groups is 1. The van der Waals surface area contributed by atoms with Crippen LogP contribution in [0.5, 0.6) is 5.75 Å². The average Bonchev–Trinajstić information content (AvgIpc) is 2.29. The van der Waals surface area contributed by atoms with E-state index in [-0.39, 0.29) is 29.2 Å². The monoisotopic (exact) mass is 234 g/mol. The summed E-state index contributed by atoms with van der Waals surface area (Å²) in [7, 11) is 0. The fraction of sp³-hybridized carbons (Fsp3) is 0.462. The molecule has 4 nitrogen and oxygen atoms in total. The SMILES string of the molecule is CC1(C)C(N)CC1NC(=O)c1ccccc1O. The Bertz CT molecular complexity index is 443. The zero-order chi connectivity index (χ0) is 12.6. The van der Waals surface area contributed by atoms with Crippen LogP contribution in [0.15, 0.2) is 24.3 Å². The summed E-state index contributed by atoms with van der Waals surface area (Å²) < 4.78 is 0. The Kier molecular flexibility index (Phi) is 2.83. The summed E-state index contributed by atoms with van der Waals surface area (Å²) in [6.45, 7) is 4.08. The molecule has 0 aromatic heterocycles. The van der Waals surface area contributed by atoms with Gasteiger partial charge in [-0.15, -0.1) is 0 Å². The van der Waals surface area contributed by atoms with Gasteiger partial charge in [0.1, 0.15) is 5.75 Å². The third-order valence-electron chi connectivity index (χ3n) is 3.80.